The Labute approximate surface area is 116 Å². The van der Waals surface area contributed by atoms with Crippen LogP contribution in [0.4, 0.5) is 0 Å². The molecule has 0 saturated carbocycles. The van der Waals surface area contributed by atoms with Crippen molar-refractivity contribution in [2.24, 2.45) is 0 Å². The number of fused-ring (bicyclic) bond motifs is 1. The molecule has 3 aromatic rings. The van der Waals surface area contributed by atoms with Gasteiger partial charge in [-0.3, -0.25) is 0 Å². The summed E-state index contributed by atoms with van der Waals surface area (Å²) in [6.45, 7) is 2.07. The number of benzene rings is 2. The van der Waals surface area contributed by atoms with E-state index in [1.165, 1.54) is 16.5 Å². The molecule has 1 aromatic heterocycles. The van der Waals surface area contributed by atoms with Crippen molar-refractivity contribution < 1.29 is 0 Å². The van der Waals surface area contributed by atoms with Crippen molar-refractivity contribution in [2.45, 2.75) is 11.9 Å². The summed E-state index contributed by atoms with van der Waals surface area (Å²) in [5, 5.41) is 2.89. The van der Waals surface area contributed by atoms with Crippen LogP contribution in [0.5, 0.6) is 0 Å². The van der Waals surface area contributed by atoms with Crippen molar-refractivity contribution in [1.82, 2.24) is 4.98 Å². The lowest BCUT2D eigenvalue weighted by Gasteiger charge is -2.03. The van der Waals surface area contributed by atoms with Gasteiger partial charge >= 0.3 is 0 Å². The van der Waals surface area contributed by atoms with E-state index in [4.69, 9.17) is 11.6 Å². The van der Waals surface area contributed by atoms with Crippen LogP contribution in [0.15, 0.2) is 47.5 Å². The third kappa shape index (κ3) is 1.92. The third-order valence-corrected chi connectivity index (χ3v) is 3.87. The molecule has 1 heterocycles. The van der Waals surface area contributed by atoms with Crippen LogP contribution in [-0.2, 0) is 0 Å². The van der Waals surface area contributed by atoms with E-state index in [1.54, 1.807) is 0 Å². The highest BCUT2D eigenvalue weighted by molar-refractivity contribution is 7.80. The zero-order valence-corrected chi connectivity index (χ0v) is 11.5. The van der Waals surface area contributed by atoms with Crippen molar-refractivity contribution in [2.75, 3.05) is 0 Å². The largest absolute Gasteiger partial charge is 0.350 e. The van der Waals surface area contributed by atoms with Crippen LogP contribution in [0.25, 0.3) is 22.0 Å². The Kier molecular flexibility index (Phi) is 2.84. The van der Waals surface area contributed by atoms with Gasteiger partial charge in [-0.1, -0.05) is 29.8 Å². The second-order valence-corrected chi connectivity index (χ2v) is 5.25. The first-order valence-electron chi connectivity index (χ1n) is 5.72. The van der Waals surface area contributed by atoms with Gasteiger partial charge in [-0.2, -0.15) is 0 Å². The number of halogens is 1. The van der Waals surface area contributed by atoms with Gasteiger partial charge in [0.2, 0.25) is 0 Å². The molecule has 1 nitrogen and oxygen atoms in total. The van der Waals surface area contributed by atoms with E-state index in [2.05, 4.69) is 48.8 Å². The number of hydrogen-bond acceptors (Lipinski definition) is 1. The number of aromatic amines is 1. The Morgan fingerprint density at radius 3 is 2.61 bits per heavy atom. The van der Waals surface area contributed by atoms with Crippen LogP contribution >= 0.6 is 24.2 Å². The fourth-order valence-corrected chi connectivity index (χ4v) is 2.59. The lowest BCUT2D eigenvalue weighted by molar-refractivity contribution is 1.20. The highest BCUT2D eigenvalue weighted by Gasteiger charge is 2.06. The Morgan fingerprint density at radius 2 is 1.83 bits per heavy atom. The monoisotopic (exact) mass is 273 g/mol. The SMILES string of the molecule is Cc1c(S)[nH]c2ccc(-c3cccc(Cl)c3)cc12. The highest BCUT2D eigenvalue weighted by Crippen LogP contribution is 2.30. The van der Waals surface area contributed by atoms with Gasteiger partial charge in [0, 0.05) is 15.9 Å². The molecule has 3 heteroatoms. The molecule has 0 unspecified atom stereocenters. The van der Waals surface area contributed by atoms with Gasteiger partial charge in [0.1, 0.15) is 0 Å². The minimum Gasteiger partial charge on any atom is -0.350 e. The normalized spacial score (nSPS) is 11.1. The number of aromatic nitrogens is 1. The van der Waals surface area contributed by atoms with Crippen LogP contribution in [0.3, 0.4) is 0 Å². The van der Waals surface area contributed by atoms with Crippen LogP contribution in [0, 0.1) is 6.92 Å². The zero-order valence-electron chi connectivity index (χ0n) is 9.87. The summed E-state index contributed by atoms with van der Waals surface area (Å²) in [6.07, 6.45) is 0. The molecule has 0 aliphatic carbocycles. The van der Waals surface area contributed by atoms with Crippen molar-refractivity contribution in [3.8, 4) is 11.1 Å². The van der Waals surface area contributed by atoms with Crippen molar-refractivity contribution in [1.29, 1.82) is 0 Å². The van der Waals surface area contributed by atoms with Crippen LogP contribution in [0.1, 0.15) is 5.56 Å². The number of thiol groups is 1. The predicted molar refractivity (Wildman–Crippen MR) is 80.7 cm³/mol. The van der Waals surface area contributed by atoms with E-state index in [9.17, 15) is 0 Å². The Hall–Kier alpha value is -1.38. The molecule has 0 atom stereocenters. The van der Waals surface area contributed by atoms with E-state index in [0.29, 0.717) is 0 Å². The predicted octanol–water partition coefficient (Wildman–Crippen LogP) is 5.09. The summed E-state index contributed by atoms with van der Waals surface area (Å²) in [5.41, 5.74) is 4.59. The maximum Gasteiger partial charge on any atom is 0.0731 e. The first-order valence-corrected chi connectivity index (χ1v) is 6.55. The fourth-order valence-electron chi connectivity index (χ4n) is 2.16. The standard InChI is InChI=1S/C15H12ClNS/c1-9-13-8-11(5-6-14(13)17-15(9)18)10-3-2-4-12(16)7-10/h2-8,17-18H,1H3. The molecule has 0 aliphatic rings. The fraction of sp³-hybridized carbons (Fsp3) is 0.0667. The first kappa shape index (κ1) is 11.7. The van der Waals surface area contributed by atoms with Crippen molar-refractivity contribution in [3.05, 3.63) is 53.1 Å². The summed E-state index contributed by atoms with van der Waals surface area (Å²) >= 11 is 10.4. The number of aryl methyl sites for hydroxylation is 1. The van der Waals surface area contributed by atoms with Crippen molar-refractivity contribution in [3.63, 3.8) is 0 Å². The van der Waals surface area contributed by atoms with Gasteiger partial charge in [0.25, 0.3) is 0 Å². The molecule has 1 N–H and O–H groups in total. The lowest BCUT2D eigenvalue weighted by Crippen LogP contribution is -1.78. The Bertz CT molecular complexity index is 730. The van der Waals surface area contributed by atoms with E-state index in [-0.39, 0.29) is 0 Å². The molecule has 0 aliphatic heterocycles. The Balaban J connectivity index is 2.21. The van der Waals surface area contributed by atoms with Crippen molar-refractivity contribution >= 4 is 35.1 Å². The lowest BCUT2D eigenvalue weighted by atomic mass is 10.0. The molecular weight excluding hydrogens is 262 g/mol. The van der Waals surface area contributed by atoms with Gasteiger partial charge in [-0.05, 0) is 47.9 Å². The quantitative estimate of drug-likeness (QED) is 0.575. The molecule has 0 bridgehead atoms. The summed E-state index contributed by atoms with van der Waals surface area (Å²) in [5.74, 6) is 0. The number of nitrogens with one attached hydrogen (secondary N) is 1. The zero-order chi connectivity index (χ0) is 12.7. The van der Waals surface area contributed by atoms with Crippen LogP contribution < -0.4 is 0 Å². The third-order valence-electron chi connectivity index (χ3n) is 3.19. The molecule has 18 heavy (non-hydrogen) atoms. The van der Waals surface area contributed by atoms with Gasteiger partial charge in [-0.15, -0.1) is 12.6 Å². The first-order chi connectivity index (χ1) is 8.65. The molecule has 90 valence electrons. The second kappa shape index (κ2) is 4.38. The van der Waals surface area contributed by atoms with E-state index >= 15 is 0 Å². The smallest absolute Gasteiger partial charge is 0.0731 e. The van der Waals surface area contributed by atoms with Gasteiger partial charge in [0.05, 0.1) is 5.03 Å². The molecule has 0 fully saturated rings. The van der Waals surface area contributed by atoms with Gasteiger partial charge in [0.15, 0.2) is 0 Å². The summed E-state index contributed by atoms with van der Waals surface area (Å²) in [7, 11) is 0. The molecule has 0 amide bonds. The second-order valence-electron chi connectivity index (χ2n) is 4.37. The average molecular weight is 274 g/mol. The minimum absolute atomic E-state index is 0.758. The number of H-pyrrole nitrogens is 1. The maximum atomic E-state index is 6.03. The van der Waals surface area contributed by atoms with Crippen LogP contribution in [0.2, 0.25) is 5.02 Å². The van der Waals surface area contributed by atoms with E-state index in [0.717, 1.165) is 21.1 Å². The van der Waals surface area contributed by atoms with Crippen LogP contribution in [-0.4, -0.2) is 4.98 Å². The molecule has 0 saturated heterocycles. The summed E-state index contributed by atoms with van der Waals surface area (Å²) in [4.78, 5) is 3.25. The van der Waals surface area contributed by atoms with Gasteiger partial charge < -0.3 is 4.98 Å². The summed E-state index contributed by atoms with van der Waals surface area (Å²) < 4.78 is 0. The molecule has 0 spiro atoms. The van der Waals surface area contributed by atoms with Gasteiger partial charge in [-0.25, -0.2) is 0 Å². The summed E-state index contributed by atoms with van der Waals surface area (Å²) in [6, 6.07) is 14.2. The molecular formula is C15H12ClNS. The van der Waals surface area contributed by atoms with E-state index < -0.39 is 0 Å². The molecule has 2 aromatic carbocycles. The number of rotatable bonds is 1. The molecule has 3 rings (SSSR count). The maximum absolute atomic E-state index is 6.03. The molecule has 0 radical (unpaired) electrons. The number of hydrogen-bond donors (Lipinski definition) is 2. The highest BCUT2D eigenvalue weighted by atomic mass is 35.5. The van der Waals surface area contributed by atoms with E-state index in [1.807, 2.05) is 18.2 Å². The average Bonchev–Trinajstić information content (AvgIpc) is 2.65. The topological polar surface area (TPSA) is 15.8 Å². The minimum atomic E-state index is 0.758. The Morgan fingerprint density at radius 1 is 1.06 bits per heavy atom.